The lowest BCUT2D eigenvalue weighted by atomic mass is 10.2. The number of nitrogens with one attached hydrogen (secondary N) is 2. The van der Waals surface area contributed by atoms with Crippen LogP contribution in [0.1, 0.15) is 5.56 Å². The number of aromatic nitrogens is 4. The second-order valence-corrected chi connectivity index (χ2v) is 5.37. The number of hydrogen-bond acceptors (Lipinski definition) is 3. The van der Waals surface area contributed by atoms with Gasteiger partial charge in [0.05, 0.1) is 22.1 Å². The summed E-state index contributed by atoms with van der Waals surface area (Å²) >= 11 is 0. The van der Waals surface area contributed by atoms with Crippen LogP contribution in [0.5, 0.6) is 0 Å². The normalized spacial score (nSPS) is 10.9. The van der Waals surface area contributed by atoms with Gasteiger partial charge in [-0.05, 0) is 44.4 Å². The Kier molecular flexibility index (Phi) is 4.16. The van der Waals surface area contributed by atoms with E-state index in [0.29, 0.717) is 0 Å². The third-order valence-electron chi connectivity index (χ3n) is 3.32. The second kappa shape index (κ2) is 6.41. The summed E-state index contributed by atoms with van der Waals surface area (Å²) in [5.74, 6) is 0. The number of aromatic amines is 2. The molecule has 0 spiro atoms. The van der Waals surface area contributed by atoms with E-state index >= 15 is 0 Å². The molecular formula is C17H19N5. The highest BCUT2D eigenvalue weighted by molar-refractivity contribution is 5.78. The summed E-state index contributed by atoms with van der Waals surface area (Å²) in [6.45, 7) is 0.928. The Morgan fingerprint density at radius 3 is 2.50 bits per heavy atom. The molecule has 0 amide bonds. The van der Waals surface area contributed by atoms with E-state index in [1.807, 2.05) is 48.9 Å². The largest absolute Gasteiger partial charge is 0.360 e. The van der Waals surface area contributed by atoms with Crippen LogP contribution in [-0.2, 0) is 6.54 Å². The maximum Gasteiger partial charge on any atom is 0.0923 e. The molecule has 4 aromatic rings. The van der Waals surface area contributed by atoms with Crippen LogP contribution in [0.4, 0.5) is 0 Å². The first-order chi connectivity index (χ1) is 10.7. The van der Waals surface area contributed by atoms with Crippen molar-refractivity contribution >= 4 is 22.1 Å². The monoisotopic (exact) mass is 293 g/mol. The van der Waals surface area contributed by atoms with Crippen molar-refractivity contribution < 1.29 is 0 Å². The topological polar surface area (TPSA) is 60.6 Å². The Hall–Kier alpha value is -2.66. The Bertz CT molecular complexity index is 829. The Labute approximate surface area is 129 Å². The summed E-state index contributed by atoms with van der Waals surface area (Å²) in [6.07, 6.45) is 7.53. The summed E-state index contributed by atoms with van der Waals surface area (Å²) in [6, 6.07) is 9.86. The van der Waals surface area contributed by atoms with Crippen molar-refractivity contribution in [3.63, 3.8) is 0 Å². The highest BCUT2D eigenvalue weighted by Gasteiger charge is 2.03. The average molecular weight is 293 g/mol. The lowest BCUT2D eigenvalue weighted by molar-refractivity contribution is 0.404. The maximum atomic E-state index is 4.34. The van der Waals surface area contributed by atoms with Crippen LogP contribution in [-0.4, -0.2) is 38.9 Å². The third-order valence-corrected chi connectivity index (χ3v) is 3.32. The van der Waals surface area contributed by atoms with Crippen LogP contribution < -0.4 is 0 Å². The van der Waals surface area contributed by atoms with Crippen LogP contribution >= 0.6 is 0 Å². The quantitative estimate of drug-likeness (QED) is 0.596. The summed E-state index contributed by atoms with van der Waals surface area (Å²) in [5, 5.41) is 0. The van der Waals surface area contributed by atoms with Gasteiger partial charge in [-0.25, -0.2) is 0 Å². The van der Waals surface area contributed by atoms with Crippen molar-refractivity contribution in [2.75, 3.05) is 14.1 Å². The van der Waals surface area contributed by atoms with Gasteiger partial charge in [-0.2, -0.15) is 0 Å². The molecule has 0 unspecified atom stereocenters. The first-order valence-electron chi connectivity index (χ1n) is 7.18. The summed E-state index contributed by atoms with van der Waals surface area (Å²) in [7, 11) is 4.11. The van der Waals surface area contributed by atoms with Gasteiger partial charge < -0.3 is 14.9 Å². The molecule has 0 aromatic carbocycles. The smallest absolute Gasteiger partial charge is 0.0923 e. The van der Waals surface area contributed by atoms with Gasteiger partial charge in [0.1, 0.15) is 0 Å². The molecular weight excluding hydrogens is 274 g/mol. The molecule has 22 heavy (non-hydrogen) atoms. The van der Waals surface area contributed by atoms with Crippen molar-refractivity contribution in [2.45, 2.75) is 6.54 Å². The highest BCUT2D eigenvalue weighted by Crippen LogP contribution is 2.15. The number of pyridine rings is 2. The van der Waals surface area contributed by atoms with E-state index in [-0.39, 0.29) is 0 Å². The van der Waals surface area contributed by atoms with Gasteiger partial charge in [-0.1, -0.05) is 0 Å². The number of fused-ring (bicyclic) bond motifs is 2. The van der Waals surface area contributed by atoms with E-state index in [9.17, 15) is 0 Å². The molecule has 2 N–H and O–H groups in total. The van der Waals surface area contributed by atoms with Crippen LogP contribution in [0.3, 0.4) is 0 Å². The molecule has 0 aliphatic carbocycles. The van der Waals surface area contributed by atoms with Crippen molar-refractivity contribution in [3.8, 4) is 0 Å². The van der Waals surface area contributed by atoms with Gasteiger partial charge in [0.15, 0.2) is 0 Å². The van der Waals surface area contributed by atoms with Gasteiger partial charge in [-0.15, -0.1) is 0 Å². The molecule has 0 saturated carbocycles. The lowest BCUT2D eigenvalue weighted by Gasteiger charge is -2.06. The Balaban J connectivity index is 0.000000139. The van der Waals surface area contributed by atoms with E-state index in [1.165, 1.54) is 5.56 Å². The van der Waals surface area contributed by atoms with Gasteiger partial charge in [0, 0.05) is 36.9 Å². The molecule has 0 fully saturated rings. The zero-order chi connectivity index (χ0) is 15.4. The zero-order valence-electron chi connectivity index (χ0n) is 12.7. The van der Waals surface area contributed by atoms with Gasteiger partial charge >= 0.3 is 0 Å². The minimum atomic E-state index is 0.928. The standard InChI is InChI=1S/C10H13N3.C7H6N2/c1-13(2)7-8-6-12-9-4-3-5-11-10(8)9;1-2-6-7(8-4-1)3-5-9-6/h3-6,12H,7H2,1-2H3;1-5,9H. The van der Waals surface area contributed by atoms with E-state index in [1.54, 1.807) is 6.20 Å². The predicted octanol–water partition coefficient (Wildman–Crippen LogP) is 3.19. The van der Waals surface area contributed by atoms with Crippen molar-refractivity contribution in [3.05, 3.63) is 60.7 Å². The molecule has 5 nitrogen and oxygen atoms in total. The SMILES string of the molecule is CN(C)Cc1c[nH]c2cccnc12.c1cnc2cc[nH]c2c1. The molecule has 4 heterocycles. The van der Waals surface area contributed by atoms with E-state index in [2.05, 4.69) is 38.9 Å². The predicted molar refractivity (Wildman–Crippen MR) is 89.6 cm³/mol. The molecule has 4 rings (SSSR count). The Morgan fingerprint density at radius 2 is 1.73 bits per heavy atom. The average Bonchev–Trinajstić information content (AvgIpc) is 3.15. The summed E-state index contributed by atoms with van der Waals surface area (Å²) < 4.78 is 0. The minimum Gasteiger partial charge on any atom is -0.360 e. The van der Waals surface area contributed by atoms with Crippen LogP contribution in [0.25, 0.3) is 22.1 Å². The molecule has 0 radical (unpaired) electrons. The van der Waals surface area contributed by atoms with Crippen LogP contribution in [0.2, 0.25) is 0 Å². The number of rotatable bonds is 2. The van der Waals surface area contributed by atoms with Gasteiger partial charge in [0.2, 0.25) is 0 Å². The minimum absolute atomic E-state index is 0.928. The lowest BCUT2D eigenvalue weighted by Crippen LogP contribution is -2.10. The molecule has 0 aliphatic rings. The van der Waals surface area contributed by atoms with E-state index in [4.69, 9.17) is 0 Å². The first kappa shape index (κ1) is 14.3. The number of hydrogen-bond donors (Lipinski definition) is 2. The molecule has 4 aromatic heterocycles. The Morgan fingerprint density at radius 1 is 0.955 bits per heavy atom. The van der Waals surface area contributed by atoms with Gasteiger partial charge in [0.25, 0.3) is 0 Å². The van der Waals surface area contributed by atoms with Crippen molar-refractivity contribution in [2.24, 2.45) is 0 Å². The van der Waals surface area contributed by atoms with E-state index < -0.39 is 0 Å². The molecule has 0 aliphatic heterocycles. The maximum absolute atomic E-state index is 4.34. The fourth-order valence-electron chi connectivity index (χ4n) is 2.35. The van der Waals surface area contributed by atoms with Gasteiger partial charge in [-0.3, -0.25) is 9.97 Å². The third kappa shape index (κ3) is 3.15. The number of nitrogens with zero attached hydrogens (tertiary/aromatic N) is 3. The molecule has 5 heteroatoms. The molecule has 0 bridgehead atoms. The summed E-state index contributed by atoms with van der Waals surface area (Å²) in [4.78, 5) is 16.8. The van der Waals surface area contributed by atoms with Crippen molar-refractivity contribution in [1.82, 2.24) is 24.8 Å². The van der Waals surface area contributed by atoms with Crippen LogP contribution in [0.15, 0.2) is 55.1 Å². The van der Waals surface area contributed by atoms with Crippen molar-refractivity contribution in [1.29, 1.82) is 0 Å². The second-order valence-electron chi connectivity index (χ2n) is 5.37. The number of H-pyrrole nitrogens is 2. The fourth-order valence-corrected chi connectivity index (χ4v) is 2.35. The molecule has 0 atom stereocenters. The molecule has 112 valence electrons. The fraction of sp³-hybridized carbons (Fsp3) is 0.176. The van der Waals surface area contributed by atoms with E-state index in [0.717, 1.165) is 28.6 Å². The first-order valence-corrected chi connectivity index (χ1v) is 7.18. The summed E-state index contributed by atoms with van der Waals surface area (Å²) in [5.41, 5.74) is 5.56. The molecule has 0 saturated heterocycles. The zero-order valence-corrected chi connectivity index (χ0v) is 12.7. The van der Waals surface area contributed by atoms with Crippen LogP contribution in [0, 0.1) is 0 Å². The highest BCUT2D eigenvalue weighted by atomic mass is 15.1.